The van der Waals surface area contributed by atoms with Crippen LogP contribution in [0.25, 0.3) is 0 Å². The molecule has 0 unspecified atom stereocenters. The van der Waals surface area contributed by atoms with Gasteiger partial charge >= 0.3 is 0 Å². The van der Waals surface area contributed by atoms with Crippen molar-refractivity contribution in [1.82, 2.24) is 4.98 Å². The van der Waals surface area contributed by atoms with Gasteiger partial charge in [0.25, 0.3) is 0 Å². The van der Waals surface area contributed by atoms with Gasteiger partial charge in [0.15, 0.2) is 3.95 Å². The summed E-state index contributed by atoms with van der Waals surface area (Å²) in [6.45, 7) is 0.601. The van der Waals surface area contributed by atoms with Gasteiger partial charge in [-0.2, -0.15) is 0 Å². The molecule has 1 amide bonds. The lowest BCUT2D eigenvalue weighted by atomic mass is 9.93. The molecule has 0 aliphatic carbocycles. The molecule has 2 heterocycles. The van der Waals surface area contributed by atoms with Crippen LogP contribution in [-0.2, 0) is 24.1 Å². The number of aromatic hydroxyl groups is 1. The van der Waals surface area contributed by atoms with Gasteiger partial charge in [0.05, 0.1) is 17.7 Å². The third-order valence-electron chi connectivity index (χ3n) is 5.24. The van der Waals surface area contributed by atoms with E-state index in [1.807, 2.05) is 35.2 Å². The van der Waals surface area contributed by atoms with Crippen molar-refractivity contribution in [3.8, 4) is 11.6 Å². The molecule has 2 N–H and O–H groups in total. The van der Waals surface area contributed by atoms with E-state index in [9.17, 15) is 9.90 Å². The lowest BCUT2D eigenvalue weighted by molar-refractivity contribution is -0.118. The monoisotopic (exact) mass is 426 g/mol. The van der Waals surface area contributed by atoms with E-state index in [1.165, 1.54) is 16.9 Å². The molecule has 7 heteroatoms. The number of hydrogen-bond donors (Lipinski definition) is 2. The first kappa shape index (κ1) is 19.7. The van der Waals surface area contributed by atoms with Crippen molar-refractivity contribution < 1.29 is 14.6 Å². The fourth-order valence-corrected chi connectivity index (χ4v) is 4.97. The van der Waals surface area contributed by atoms with Gasteiger partial charge in [-0.1, -0.05) is 36.4 Å². The Bertz CT molecular complexity index is 1090. The molecule has 0 atom stereocenters. The number of thiazole rings is 1. The number of benzene rings is 2. The summed E-state index contributed by atoms with van der Waals surface area (Å²) in [7, 11) is 1.63. The van der Waals surface area contributed by atoms with E-state index in [4.69, 9.17) is 17.0 Å². The minimum Gasteiger partial charge on any atom is -0.495 e. The summed E-state index contributed by atoms with van der Waals surface area (Å²) in [5, 5.41) is 10.1. The standard InChI is InChI=1S/C22H22N2O3S2/c1-27-17-9-7-15(13-18-21(26)23-22(28)29-18)16-8-10-19(25)24(20(16)17)12-11-14-5-3-2-4-6-14/h2-7,9,26H,8,10-13H2,1H3,(H,23,28). The van der Waals surface area contributed by atoms with Crippen LogP contribution in [0.1, 0.15) is 28.0 Å². The Hall–Kier alpha value is -2.64. The second kappa shape index (κ2) is 8.39. The van der Waals surface area contributed by atoms with Crippen molar-refractivity contribution >= 4 is 35.1 Å². The first-order valence-electron chi connectivity index (χ1n) is 9.51. The smallest absolute Gasteiger partial charge is 0.227 e. The summed E-state index contributed by atoms with van der Waals surface area (Å²) >= 11 is 6.52. The molecule has 0 saturated carbocycles. The molecule has 4 rings (SSSR count). The predicted octanol–water partition coefficient (Wildman–Crippen LogP) is 4.63. The average molecular weight is 427 g/mol. The minimum absolute atomic E-state index is 0.115. The van der Waals surface area contributed by atoms with E-state index in [2.05, 4.69) is 17.1 Å². The number of H-pyrrole nitrogens is 1. The molecular weight excluding hydrogens is 404 g/mol. The lowest BCUT2D eigenvalue weighted by Crippen LogP contribution is -2.37. The van der Waals surface area contributed by atoms with Crippen molar-refractivity contribution in [2.75, 3.05) is 18.6 Å². The van der Waals surface area contributed by atoms with Gasteiger partial charge in [-0.15, -0.1) is 11.3 Å². The van der Waals surface area contributed by atoms with Crippen molar-refractivity contribution in [1.29, 1.82) is 0 Å². The number of amides is 1. The number of carbonyl (C=O) groups excluding carboxylic acids is 1. The third kappa shape index (κ3) is 4.06. The molecule has 0 radical (unpaired) electrons. The van der Waals surface area contributed by atoms with Gasteiger partial charge in [0, 0.05) is 19.4 Å². The first-order chi connectivity index (χ1) is 14.1. The molecule has 1 aliphatic heterocycles. The Labute approximate surface area is 178 Å². The van der Waals surface area contributed by atoms with Crippen LogP contribution in [0.4, 0.5) is 5.69 Å². The number of carbonyl (C=O) groups is 1. The second-order valence-electron chi connectivity index (χ2n) is 7.00. The van der Waals surface area contributed by atoms with E-state index in [0.717, 1.165) is 28.1 Å². The number of aromatic amines is 1. The van der Waals surface area contributed by atoms with Crippen molar-refractivity contribution in [2.24, 2.45) is 0 Å². The van der Waals surface area contributed by atoms with Gasteiger partial charge in [-0.25, -0.2) is 0 Å². The van der Waals surface area contributed by atoms with Crippen LogP contribution in [0.3, 0.4) is 0 Å². The molecule has 150 valence electrons. The zero-order chi connectivity index (χ0) is 20.4. The highest BCUT2D eigenvalue weighted by atomic mass is 32.1. The highest BCUT2D eigenvalue weighted by Crippen LogP contribution is 2.40. The van der Waals surface area contributed by atoms with Crippen molar-refractivity contribution in [3.63, 3.8) is 0 Å². The first-order valence-corrected chi connectivity index (χ1v) is 10.7. The number of anilines is 1. The van der Waals surface area contributed by atoms with Gasteiger partial charge in [-0.3, -0.25) is 4.79 Å². The van der Waals surface area contributed by atoms with Gasteiger partial charge in [-0.05, 0) is 47.8 Å². The number of rotatable bonds is 6. The topological polar surface area (TPSA) is 65.6 Å². The molecule has 29 heavy (non-hydrogen) atoms. The fraction of sp³-hybridized carbons (Fsp3) is 0.273. The van der Waals surface area contributed by atoms with Crippen molar-refractivity contribution in [3.05, 3.63) is 68.0 Å². The number of fused-ring (bicyclic) bond motifs is 1. The summed E-state index contributed by atoms with van der Waals surface area (Å²) in [5.41, 5.74) is 4.24. The molecule has 3 aromatic rings. The van der Waals surface area contributed by atoms with Crippen LogP contribution in [-0.4, -0.2) is 29.7 Å². The highest BCUT2D eigenvalue weighted by molar-refractivity contribution is 7.73. The average Bonchev–Trinajstić information content (AvgIpc) is 3.04. The maximum atomic E-state index is 12.8. The quantitative estimate of drug-likeness (QED) is 0.564. The number of methoxy groups -OCH3 is 1. The molecule has 0 spiro atoms. The Morgan fingerprint density at radius 2 is 2.00 bits per heavy atom. The predicted molar refractivity (Wildman–Crippen MR) is 118 cm³/mol. The number of ether oxygens (including phenoxy) is 1. The van der Waals surface area contributed by atoms with E-state index in [0.29, 0.717) is 35.5 Å². The molecule has 2 aromatic carbocycles. The van der Waals surface area contributed by atoms with Gasteiger partial charge < -0.3 is 19.7 Å². The summed E-state index contributed by atoms with van der Waals surface area (Å²) in [6, 6.07) is 14.1. The number of hydrogen-bond acceptors (Lipinski definition) is 5. The Balaban J connectivity index is 1.69. The Morgan fingerprint density at radius 3 is 2.69 bits per heavy atom. The summed E-state index contributed by atoms with van der Waals surface area (Å²) in [5.74, 6) is 0.942. The van der Waals surface area contributed by atoms with Crippen LogP contribution in [0, 0.1) is 3.95 Å². The van der Waals surface area contributed by atoms with Crippen LogP contribution in [0.15, 0.2) is 42.5 Å². The minimum atomic E-state index is 0.115. The van der Waals surface area contributed by atoms with E-state index >= 15 is 0 Å². The Morgan fingerprint density at radius 1 is 1.21 bits per heavy atom. The zero-order valence-electron chi connectivity index (χ0n) is 16.1. The molecule has 5 nitrogen and oxygen atoms in total. The summed E-state index contributed by atoms with van der Waals surface area (Å²) in [6.07, 6.45) is 2.48. The van der Waals surface area contributed by atoms with E-state index in [-0.39, 0.29) is 11.8 Å². The van der Waals surface area contributed by atoms with E-state index < -0.39 is 0 Å². The van der Waals surface area contributed by atoms with Gasteiger partial charge in [0.1, 0.15) is 5.75 Å². The molecule has 1 aromatic heterocycles. The fourth-order valence-electron chi connectivity index (χ4n) is 3.82. The molecule has 0 bridgehead atoms. The largest absolute Gasteiger partial charge is 0.495 e. The maximum absolute atomic E-state index is 12.8. The number of nitrogens with one attached hydrogen (secondary N) is 1. The number of nitrogens with zero attached hydrogens (tertiary/aromatic N) is 1. The molecule has 0 fully saturated rings. The summed E-state index contributed by atoms with van der Waals surface area (Å²) in [4.78, 5) is 18.2. The molecular formula is C22H22N2O3S2. The van der Waals surface area contributed by atoms with E-state index in [1.54, 1.807) is 7.11 Å². The highest BCUT2D eigenvalue weighted by Gasteiger charge is 2.29. The second-order valence-corrected chi connectivity index (χ2v) is 8.77. The Kier molecular flexibility index (Phi) is 5.69. The van der Waals surface area contributed by atoms with Crippen LogP contribution in [0.2, 0.25) is 0 Å². The van der Waals surface area contributed by atoms with Gasteiger partial charge in [0.2, 0.25) is 11.8 Å². The van der Waals surface area contributed by atoms with Crippen LogP contribution in [0.5, 0.6) is 11.6 Å². The zero-order valence-corrected chi connectivity index (χ0v) is 17.7. The third-order valence-corrected chi connectivity index (χ3v) is 6.46. The molecule has 1 aliphatic rings. The SMILES string of the molecule is COc1ccc(Cc2sc(=S)[nH]c2O)c2c1N(CCc1ccccc1)C(=O)CC2. The lowest BCUT2D eigenvalue weighted by Gasteiger charge is -2.32. The number of aromatic nitrogens is 1. The normalized spacial score (nSPS) is 13.4. The van der Waals surface area contributed by atoms with Crippen LogP contribution < -0.4 is 9.64 Å². The summed E-state index contributed by atoms with van der Waals surface area (Å²) < 4.78 is 6.17. The maximum Gasteiger partial charge on any atom is 0.227 e. The molecule has 0 saturated heterocycles. The van der Waals surface area contributed by atoms with Crippen molar-refractivity contribution in [2.45, 2.75) is 25.7 Å². The van der Waals surface area contributed by atoms with Crippen LogP contribution >= 0.6 is 23.6 Å².